The van der Waals surface area contributed by atoms with Crippen molar-refractivity contribution in [2.24, 2.45) is 5.92 Å². The molecule has 15 heavy (non-hydrogen) atoms. The predicted molar refractivity (Wildman–Crippen MR) is 60.8 cm³/mol. The van der Waals surface area contributed by atoms with Crippen LogP contribution in [0, 0.1) is 5.92 Å². The van der Waals surface area contributed by atoms with Crippen LogP contribution in [0.4, 0.5) is 0 Å². The highest BCUT2D eigenvalue weighted by molar-refractivity contribution is 5.77. The summed E-state index contributed by atoms with van der Waals surface area (Å²) < 4.78 is 1.78. The van der Waals surface area contributed by atoms with Gasteiger partial charge < -0.3 is 4.57 Å². The summed E-state index contributed by atoms with van der Waals surface area (Å²) in [7, 11) is 0. The molecule has 0 aliphatic rings. The number of hydrogen-bond donors (Lipinski definition) is 0. The Kier molecular flexibility index (Phi) is 2.54. The van der Waals surface area contributed by atoms with Crippen LogP contribution < -0.4 is 5.56 Å². The van der Waals surface area contributed by atoms with E-state index in [1.54, 1.807) is 23.0 Å². The molecule has 0 atom stereocenters. The molecule has 3 nitrogen and oxygen atoms in total. The lowest BCUT2D eigenvalue weighted by Crippen LogP contribution is -2.21. The molecule has 0 unspecified atom stereocenters. The van der Waals surface area contributed by atoms with Crippen molar-refractivity contribution in [1.82, 2.24) is 9.55 Å². The summed E-state index contributed by atoms with van der Waals surface area (Å²) in [6, 6.07) is 5.38. The van der Waals surface area contributed by atoms with Gasteiger partial charge in [-0.25, -0.2) is 0 Å². The molecule has 3 heteroatoms. The van der Waals surface area contributed by atoms with Crippen molar-refractivity contribution >= 4 is 10.9 Å². The fraction of sp³-hybridized carbons (Fsp3) is 0.333. The van der Waals surface area contributed by atoms with Crippen molar-refractivity contribution in [3.63, 3.8) is 0 Å². The third-order valence-corrected chi connectivity index (χ3v) is 2.34. The number of nitrogens with zero attached hydrogens (tertiary/aromatic N) is 2. The van der Waals surface area contributed by atoms with Gasteiger partial charge in [-0.3, -0.25) is 9.78 Å². The van der Waals surface area contributed by atoms with Crippen LogP contribution in [0.15, 0.2) is 35.4 Å². The van der Waals surface area contributed by atoms with E-state index >= 15 is 0 Å². The van der Waals surface area contributed by atoms with E-state index < -0.39 is 0 Å². The van der Waals surface area contributed by atoms with Crippen LogP contribution in [0.3, 0.4) is 0 Å². The van der Waals surface area contributed by atoms with Gasteiger partial charge in [0.15, 0.2) is 0 Å². The number of rotatable bonds is 2. The summed E-state index contributed by atoms with van der Waals surface area (Å²) in [4.78, 5) is 15.8. The first-order valence-electron chi connectivity index (χ1n) is 5.12. The zero-order chi connectivity index (χ0) is 10.8. The molecule has 0 aromatic carbocycles. The summed E-state index contributed by atoms with van der Waals surface area (Å²) in [5, 5.41) is 1.06. The molecule has 0 amide bonds. The van der Waals surface area contributed by atoms with E-state index in [1.807, 2.05) is 12.1 Å². The average molecular weight is 202 g/mol. The summed E-state index contributed by atoms with van der Waals surface area (Å²) >= 11 is 0. The molecule has 0 aliphatic carbocycles. The number of hydrogen-bond acceptors (Lipinski definition) is 2. The second kappa shape index (κ2) is 3.85. The maximum atomic E-state index is 11.7. The van der Waals surface area contributed by atoms with Crippen LogP contribution in [0.25, 0.3) is 10.9 Å². The van der Waals surface area contributed by atoms with Crippen LogP contribution in [-0.4, -0.2) is 9.55 Å². The van der Waals surface area contributed by atoms with Crippen LogP contribution in [-0.2, 0) is 6.54 Å². The van der Waals surface area contributed by atoms with Gasteiger partial charge in [0.25, 0.3) is 5.56 Å². The lowest BCUT2D eigenvalue weighted by molar-refractivity contribution is 0.523. The number of aromatic nitrogens is 2. The first-order valence-corrected chi connectivity index (χ1v) is 5.12. The normalized spacial score (nSPS) is 11.1. The Morgan fingerprint density at radius 2 is 2.13 bits per heavy atom. The fourth-order valence-corrected chi connectivity index (χ4v) is 1.69. The zero-order valence-corrected chi connectivity index (χ0v) is 8.97. The zero-order valence-electron chi connectivity index (χ0n) is 8.97. The third kappa shape index (κ3) is 1.91. The minimum Gasteiger partial charge on any atom is -0.307 e. The first kappa shape index (κ1) is 9.90. The van der Waals surface area contributed by atoms with Crippen LogP contribution >= 0.6 is 0 Å². The van der Waals surface area contributed by atoms with E-state index in [2.05, 4.69) is 18.8 Å². The third-order valence-electron chi connectivity index (χ3n) is 2.34. The molecule has 0 N–H and O–H groups in total. The minimum atomic E-state index is 0.0456. The Morgan fingerprint density at radius 3 is 2.87 bits per heavy atom. The van der Waals surface area contributed by atoms with E-state index in [0.717, 1.165) is 17.4 Å². The maximum Gasteiger partial charge on any atom is 0.251 e. The van der Waals surface area contributed by atoms with Crippen molar-refractivity contribution < 1.29 is 0 Å². The highest BCUT2D eigenvalue weighted by Crippen LogP contribution is 2.10. The number of pyridine rings is 2. The topological polar surface area (TPSA) is 34.9 Å². The molecule has 0 aliphatic heterocycles. The Hall–Kier alpha value is -1.64. The van der Waals surface area contributed by atoms with Crippen molar-refractivity contribution in [3.05, 3.63) is 40.9 Å². The highest BCUT2D eigenvalue weighted by Gasteiger charge is 2.04. The van der Waals surface area contributed by atoms with Crippen LogP contribution in [0.2, 0.25) is 0 Å². The fourth-order valence-electron chi connectivity index (χ4n) is 1.69. The van der Waals surface area contributed by atoms with Gasteiger partial charge in [0.1, 0.15) is 0 Å². The van der Waals surface area contributed by atoms with Gasteiger partial charge >= 0.3 is 0 Å². The summed E-state index contributed by atoms with van der Waals surface area (Å²) in [6.45, 7) is 4.94. The second-order valence-electron chi connectivity index (χ2n) is 4.11. The van der Waals surface area contributed by atoms with Gasteiger partial charge in [0.2, 0.25) is 0 Å². The first-order chi connectivity index (χ1) is 7.18. The summed E-state index contributed by atoms with van der Waals surface area (Å²) in [5.41, 5.74) is 0.961. The molecule has 2 aromatic heterocycles. The molecule has 2 aromatic rings. The van der Waals surface area contributed by atoms with Crippen molar-refractivity contribution in [2.45, 2.75) is 20.4 Å². The summed E-state index contributed by atoms with van der Waals surface area (Å²) in [5.74, 6) is 0.452. The monoisotopic (exact) mass is 202 g/mol. The molecule has 78 valence electrons. The van der Waals surface area contributed by atoms with E-state index in [-0.39, 0.29) is 5.56 Å². The quantitative estimate of drug-likeness (QED) is 0.747. The Morgan fingerprint density at radius 1 is 1.33 bits per heavy atom. The molecular weight excluding hydrogens is 188 g/mol. The largest absolute Gasteiger partial charge is 0.307 e. The molecule has 0 fully saturated rings. The lowest BCUT2D eigenvalue weighted by atomic mass is 10.2. The lowest BCUT2D eigenvalue weighted by Gasteiger charge is -2.11. The molecule has 2 rings (SSSR count). The van der Waals surface area contributed by atoms with E-state index in [4.69, 9.17) is 0 Å². The molecule has 0 bridgehead atoms. The summed E-state index contributed by atoms with van der Waals surface area (Å²) in [6.07, 6.45) is 3.49. The second-order valence-corrected chi connectivity index (χ2v) is 4.11. The molecule has 0 saturated heterocycles. The van der Waals surface area contributed by atoms with Gasteiger partial charge in [-0.15, -0.1) is 0 Å². The van der Waals surface area contributed by atoms with Crippen LogP contribution in [0.1, 0.15) is 13.8 Å². The number of fused-ring (bicyclic) bond motifs is 1. The van der Waals surface area contributed by atoms with Gasteiger partial charge in [0.05, 0.1) is 11.7 Å². The van der Waals surface area contributed by atoms with E-state index in [1.165, 1.54) is 0 Å². The maximum absolute atomic E-state index is 11.7. The minimum absolute atomic E-state index is 0.0456. The average Bonchev–Trinajstić information content (AvgIpc) is 2.22. The Bertz CT molecular complexity index is 528. The Balaban J connectivity index is 2.68. The predicted octanol–water partition coefficient (Wildman–Crippen LogP) is 2.05. The smallest absolute Gasteiger partial charge is 0.251 e. The van der Waals surface area contributed by atoms with Gasteiger partial charge in [-0.2, -0.15) is 0 Å². The van der Waals surface area contributed by atoms with Crippen LogP contribution in [0.5, 0.6) is 0 Å². The van der Waals surface area contributed by atoms with Gasteiger partial charge in [0, 0.05) is 24.2 Å². The Labute approximate surface area is 88.4 Å². The van der Waals surface area contributed by atoms with Crippen molar-refractivity contribution in [1.29, 1.82) is 0 Å². The van der Waals surface area contributed by atoms with E-state index in [9.17, 15) is 4.79 Å². The molecule has 2 heterocycles. The highest BCUT2D eigenvalue weighted by atomic mass is 16.1. The van der Waals surface area contributed by atoms with Crippen molar-refractivity contribution in [2.75, 3.05) is 0 Å². The van der Waals surface area contributed by atoms with Crippen molar-refractivity contribution in [3.8, 4) is 0 Å². The molecule has 0 spiro atoms. The molecule has 0 saturated carbocycles. The molecular formula is C12H14N2O. The SMILES string of the molecule is CC(C)Cn1c(=O)ccc2ccncc21. The van der Waals surface area contributed by atoms with E-state index in [0.29, 0.717) is 5.92 Å². The van der Waals surface area contributed by atoms with Gasteiger partial charge in [-0.1, -0.05) is 13.8 Å². The van der Waals surface area contributed by atoms with Gasteiger partial charge in [-0.05, 0) is 18.1 Å². The molecule has 0 radical (unpaired) electrons. The standard InChI is InChI=1S/C12H14N2O/c1-9(2)8-14-11-7-13-6-5-10(11)3-4-12(14)15/h3-7,9H,8H2,1-2H3.